The van der Waals surface area contributed by atoms with Crippen molar-refractivity contribution in [2.45, 2.75) is 72.0 Å². The fraction of sp³-hybridized carbons (Fsp3) is 0.682. The molecule has 152 valence electrons. The Balaban J connectivity index is 2.16. The number of carbonyl (C=O) groups is 1. The van der Waals surface area contributed by atoms with Crippen molar-refractivity contribution in [3.63, 3.8) is 0 Å². The number of nitrogens with zero attached hydrogens (tertiary/aromatic N) is 2. The molecule has 0 radical (unpaired) electrons. The maximum Gasteiger partial charge on any atom is 0.410 e. The van der Waals surface area contributed by atoms with Gasteiger partial charge in [-0.1, -0.05) is 39.8 Å². The molecule has 27 heavy (non-hydrogen) atoms. The van der Waals surface area contributed by atoms with E-state index >= 15 is 0 Å². The number of rotatable bonds is 3. The highest BCUT2D eigenvalue weighted by Crippen LogP contribution is 2.35. The number of aliphatic hydroxyl groups excluding tert-OH is 1. The van der Waals surface area contributed by atoms with Crippen LogP contribution in [0.15, 0.2) is 18.2 Å². The molecule has 1 aliphatic heterocycles. The van der Waals surface area contributed by atoms with Crippen molar-refractivity contribution in [2.75, 3.05) is 31.1 Å². The molecule has 0 bridgehead atoms. The topological polar surface area (TPSA) is 53.0 Å². The van der Waals surface area contributed by atoms with Crippen LogP contribution in [-0.2, 0) is 10.2 Å². The highest BCUT2D eigenvalue weighted by Gasteiger charge is 2.28. The van der Waals surface area contributed by atoms with E-state index in [9.17, 15) is 9.90 Å². The number of hydrogen-bond donors (Lipinski definition) is 1. The van der Waals surface area contributed by atoms with Gasteiger partial charge in [-0.2, -0.15) is 0 Å². The number of aliphatic hydroxyl groups is 1. The van der Waals surface area contributed by atoms with Crippen LogP contribution >= 0.6 is 0 Å². The standard InChI is InChI=1S/C22H36N2O3/c1-8-19(25)16-9-10-18(17(15-16)21(2,3)4)23-11-13-24(14-12-23)20(26)27-22(5,6)7/h9-10,15,19,25H,8,11-14H2,1-7H3. The quantitative estimate of drug-likeness (QED) is 0.845. The van der Waals surface area contributed by atoms with Crippen molar-refractivity contribution in [1.29, 1.82) is 0 Å². The Morgan fingerprint density at radius 3 is 2.19 bits per heavy atom. The van der Waals surface area contributed by atoms with Crippen LogP contribution in [0.5, 0.6) is 0 Å². The molecule has 1 heterocycles. The molecule has 0 spiro atoms. The molecule has 0 saturated carbocycles. The number of piperazine rings is 1. The number of amides is 1. The number of hydrogen-bond acceptors (Lipinski definition) is 4. The first-order chi connectivity index (χ1) is 12.4. The van der Waals surface area contributed by atoms with Crippen LogP contribution in [0.4, 0.5) is 10.5 Å². The average Bonchev–Trinajstić information content (AvgIpc) is 2.58. The van der Waals surface area contributed by atoms with Gasteiger partial charge >= 0.3 is 6.09 Å². The predicted octanol–water partition coefficient (Wildman–Crippen LogP) is 4.48. The first-order valence-electron chi connectivity index (χ1n) is 9.97. The highest BCUT2D eigenvalue weighted by atomic mass is 16.6. The third-order valence-electron chi connectivity index (χ3n) is 4.87. The Labute approximate surface area is 164 Å². The molecule has 1 unspecified atom stereocenters. The number of anilines is 1. The van der Waals surface area contributed by atoms with Crippen molar-refractivity contribution in [1.82, 2.24) is 4.90 Å². The van der Waals surface area contributed by atoms with Gasteiger partial charge in [0.1, 0.15) is 5.60 Å². The van der Waals surface area contributed by atoms with Crippen molar-refractivity contribution >= 4 is 11.8 Å². The second kappa shape index (κ2) is 8.09. The SMILES string of the molecule is CCC(O)c1ccc(N2CCN(C(=O)OC(C)(C)C)CC2)c(C(C)(C)C)c1. The number of ether oxygens (including phenoxy) is 1. The average molecular weight is 377 g/mol. The second-order valence-electron chi connectivity index (χ2n) is 9.41. The van der Waals surface area contributed by atoms with Crippen LogP contribution in [0.1, 0.15) is 72.1 Å². The Hall–Kier alpha value is -1.75. The van der Waals surface area contributed by atoms with Gasteiger partial charge in [-0.25, -0.2) is 4.79 Å². The van der Waals surface area contributed by atoms with Crippen LogP contribution in [0.3, 0.4) is 0 Å². The van der Waals surface area contributed by atoms with E-state index in [1.165, 1.54) is 11.3 Å². The molecular formula is C22H36N2O3. The predicted molar refractivity (Wildman–Crippen MR) is 110 cm³/mol. The normalized spacial score (nSPS) is 17.0. The van der Waals surface area contributed by atoms with Crippen molar-refractivity contribution < 1.29 is 14.6 Å². The first-order valence-corrected chi connectivity index (χ1v) is 9.97. The number of carbonyl (C=O) groups excluding carboxylic acids is 1. The Bertz CT molecular complexity index is 651. The monoisotopic (exact) mass is 376 g/mol. The molecule has 1 saturated heterocycles. The van der Waals surface area contributed by atoms with Gasteiger partial charge in [0.15, 0.2) is 0 Å². The second-order valence-corrected chi connectivity index (χ2v) is 9.41. The van der Waals surface area contributed by atoms with Crippen LogP contribution in [0.25, 0.3) is 0 Å². The van der Waals surface area contributed by atoms with E-state index in [0.717, 1.165) is 18.7 Å². The molecule has 1 fully saturated rings. The lowest BCUT2D eigenvalue weighted by molar-refractivity contribution is 0.0240. The lowest BCUT2D eigenvalue weighted by Crippen LogP contribution is -2.50. The largest absolute Gasteiger partial charge is 0.444 e. The zero-order valence-electron chi connectivity index (χ0n) is 18.0. The minimum absolute atomic E-state index is 0.0267. The smallest absolute Gasteiger partial charge is 0.410 e. The molecule has 5 heteroatoms. The molecule has 5 nitrogen and oxygen atoms in total. The van der Waals surface area contributed by atoms with Crippen molar-refractivity contribution in [2.24, 2.45) is 0 Å². The van der Waals surface area contributed by atoms with E-state index in [-0.39, 0.29) is 11.5 Å². The van der Waals surface area contributed by atoms with Gasteiger partial charge < -0.3 is 19.6 Å². The van der Waals surface area contributed by atoms with E-state index in [4.69, 9.17) is 4.74 Å². The van der Waals surface area contributed by atoms with E-state index in [2.05, 4.69) is 37.8 Å². The third-order valence-corrected chi connectivity index (χ3v) is 4.87. The summed E-state index contributed by atoms with van der Waals surface area (Å²) >= 11 is 0. The summed E-state index contributed by atoms with van der Waals surface area (Å²) in [6.07, 6.45) is 0.0427. The van der Waals surface area contributed by atoms with Gasteiger partial charge in [0.05, 0.1) is 6.10 Å². The first kappa shape index (κ1) is 21.5. The van der Waals surface area contributed by atoms with Crippen LogP contribution in [-0.4, -0.2) is 47.9 Å². The maximum absolute atomic E-state index is 12.3. The Kier molecular flexibility index (Phi) is 6.46. The lowest BCUT2D eigenvalue weighted by Gasteiger charge is -2.39. The zero-order chi connectivity index (χ0) is 20.4. The van der Waals surface area contributed by atoms with Crippen LogP contribution in [0.2, 0.25) is 0 Å². The molecule has 1 amide bonds. The molecule has 1 aromatic carbocycles. The van der Waals surface area contributed by atoms with Gasteiger partial charge in [-0.3, -0.25) is 0 Å². The summed E-state index contributed by atoms with van der Waals surface area (Å²) in [6.45, 7) is 17.1. The Morgan fingerprint density at radius 2 is 1.70 bits per heavy atom. The summed E-state index contributed by atoms with van der Waals surface area (Å²) < 4.78 is 5.49. The van der Waals surface area contributed by atoms with Crippen molar-refractivity contribution in [3.8, 4) is 0 Å². The minimum Gasteiger partial charge on any atom is -0.444 e. The molecule has 1 aliphatic rings. The molecular weight excluding hydrogens is 340 g/mol. The van der Waals surface area contributed by atoms with E-state index in [1.807, 2.05) is 33.8 Å². The zero-order valence-corrected chi connectivity index (χ0v) is 18.0. The molecule has 2 rings (SSSR count). The van der Waals surface area contributed by atoms with E-state index < -0.39 is 11.7 Å². The molecule has 1 aromatic rings. The maximum atomic E-state index is 12.3. The van der Waals surface area contributed by atoms with Crippen molar-refractivity contribution in [3.05, 3.63) is 29.3 Å². The third kappa shape index (κ3) is 5.61. The van der Waals surface area contributed by atoms with E-state index in [1.54, 1.807) is 4.90 Å². The lowest BCUT2D eigenvalue weighted by atomic mass is 9.83. The summed E-state index contributed by atoms with van der Waals surface area (Å²) in [7, 11) is 0. The molecule has 0 aromatic heterocycles. The molecule has 1 atom stereocenters. The van der Waals surface area contributed by atoms with Gasteiger partial charge in [0, 0.05) is 31.9 Å². The molecule has 0 aliphatic carbocycles. The fourth-order valence-electron chi connectivity index (χ4n) is 3.33. The summed E-state index contributed by atoms with van der Waals surface area (Å²) in [5.41, 5.74) is 2.90. The summed E-state index contributed by atoms with van der Waals surface area (Å²) in [4.78, 5) is 16.4. The summed E-state index contributed by atoms with van der Waals surface area (Å²) in [6, 6.07) is 6.29. The highest BCUT2D eigenvalue weighted by molar-refractivity contribution is 5.69. The van der Waals surface area contributed by atoms with Gasteiger partial charge in [-0.15, -0.1) is 0 Å². The summed E-state index contributed by atoms with van der Waals surface area (Å²) in [5, 5.41) is 10.2. The van der Waals surface area contributed by atoms with Gasteiger partial charge in [0.2, 0.25) is 0 Å². The number of benzene rings is 1. The van der Waals surface area contributed by atoms with Crippen LogP contribution in [0, 0.1) is 0 Å². The minimum atomic E-state index is -0.469. The fourth-order valence-corrected chi connectivity index (χ4v) is 3.33. The molecule has 1 N–H and O–H groups in total. The van der Waals surface area contributed by atoms with Gasteiger partial charge in [-0.05, 0) is 49.8 Å². The van der Waals surface area contributed by atoms with E-state index in [0.29, 0.717) is 19.5 Å². The van der Waals surface area contributed by atoms with Crippen LogP contribution < -0.4 is 4.90 Å². The summed E-state index contributed by atoms with van der Waals surface area (Å²) in [5.74, 6) is 0. The Morgan fingerprint density at radius 1 is 1.11 bits per heavy atom. The van der Waals surface area contributed by atoms with Gasteiger partial charge in [0.25, 0.3) is 0 Å².